The van der Waals surface area contributed by atoms with Gasteiger partial charge >= 0.3 is 0 Å². The van der Waals surface area contributed by atoms with E-state index in [1.54, 1.807) is 6.33 Å². The highest BCUT2D eigenvalue weighted by Crippen LogP contribution is 2.28. The summed E-state index contributed by atoms with van der Waals surface area (Å²) in [5.41, 5.74) is 2.72. The minimum absolute atomic E-state index is 0.618. The molecule has 1 N–H and O–H groups in total. The first kappa shape index (κ1) is 13.8. The third-order valence-corrected chi connectivity index (χ3v) is 4.78. The molecule has 0 radical (unpaired) electrons. The van der Waals surface area contributed by atoms with Crippen LogP contribution in [-0.2, 0) is 12.8 Å². The van der Waals surface area contributed by atoms with Gasteiger partial charge in [0.25, 0.3) is 0 Å². The van der Waals surface area contributed by atoms with E-state index in [-0.39, 0.29) is 0 Å². The first-order valence-electron chi connectivity index (χ1n) is 8.12. The zero-order valence-corrected chi connectivity index (χ0v) is 12.6. The van der Waals surface area contributed by atoms with E-state index in [4.69, 9.17) is 0 Å². The zero-order valence-electron chi connectivity index (χ0n) is 12.6. The van der Waals surface area contributed by atoms with Gasteiger partial charge in [-0.15, -0.1) is 0 Å². The van der Waals surface area contributed by atoms with Crippen LogP contribution in [0.4, 0.5) is 5.82 Å². The summed E-state index contributed by atoms with van der Waals surface area (Å²) in [6.45, 7) is 2.29. The van der Waals surface area contributed by atoms with E-state index in [1.165, 1.54) is 55.6 Å². The van der Waals surface area contributed by atoms with E-state index in [2.05, 4.69) is 27.2 Å². The predicted octanol–water partition coefficient (Wildman–Crippen LogP) is 2.32. The minimum Gasteiger partial charge on any atom is -0.356 e. The largest absolute Gasteiger partial charge is 0.356 e. The number of aryl methyl sites for hydroxylation is 1. The lowest BCUT2D eigenvalue weighted by molar-refractivity contribution is 0.560. The van der Waals surface area contributed by atoms with Gasteiger partial charge in [0.2, 0.25) is 0 Å². The maximum absolute atomic E-state index is 4.63. The molecule has 20 heavy (non-hydrogen) atoms. The number of nitrogens with zero attached hydrogens (tertiary/aromatic N) is 3. The lowest BCUT2D eigenvalue weighted by atomic mass is 10.0. The monoisotopic (exact) mass is 274 g/mol. The summed E-state index contributed by atoms with van der Waals surface area (Å²) < 4.78 is 0. The average molecular weight is 274 g/mol. The predicted molar refractivity (Wildman–Crippen MR) is 82.2 cm³/mol. The Morgan fingerprint density at radius 2 is 1.95 bits per heavy atom. The highest BCUT2D eigenvalue weighted by Gasteiger charge is 2.22. The Morgan fingerprint density at radius 1 is 1.05 bits per heavy atom. The second-order valence-electron chi connectivity index (χ2n) is 6.13. The van der Waals surface area contributed by atoms with E-state index < -0.39 is 0 Å². The lowest BCUT2D eigenvalue weighted by Gasteiger charge is -2.30. The molecule has 110 valence electrons. The number of anilines is 1. The van der Waals surface area contributed by atoms with Crippen LogP contribution in [0.1, 0.15) is 49.8 Å². The molecule has 0 amide bonds. The standard InChI is InChI=1S/C16H26N4/c1-20(13-6-5-10-17-11-9-13)16-14-7-3-2-4-8-15(14)18-12-19-16/h12-13,17H,2-11H2,1H3. The van der Waals surface area contributed by atoms with Crippen LogP contribution in [0.25, 0.3) is 0 Å². The third kappa shape index (κ3) is 2.95. The normalized spacial score (nSPS) is 23.6. The molecule has 0 saturated carbocycles. The molecule has 1 aromatic rings. The quantitative estimate of drug-likeness (QED) is 0.840. The van der Waals surface area contributed by atoms with Crippen molar-refractivity contribution in [1.29, 1.82) is 0 Å². The lowest BCUT2D eigenvalue weighted by Crippen LogP contribution is -2.34. The molecule has 0 bridgehead atoms. The van der Waals surface area contributed by atoms with Crippen molar-refractivity contribution in [3.05, 3.63) is 17.6 Å². The van der Waals surface area contributed by atoms with E-state index in [0.29, 0.717) is 6.04 Å². The number of fused-ring (bicyclic) bond motifs is 1. The Hall–Kier alpha value is -1.16. The maximum Gasteiger partial charge on any atom is 0.135 e. The van der Waals surface area contributed by atoms with Crippen molar-refractivity contribution in [2.45, 2.75) is 57.4 Å². The van der Waals surface area contributed by atoms with Crippen LogP contribution in [0.2, 0.25) is 0 Å². The molecule has 0 aromatic carbocycles. The summed E-state index contributed by atoms with van der Waals surface area (Å²) in [7, 11) is 2.23. The summed E-state index contributed by atoms with van der Waals surface area (Å²) in [5.74, 6) is 1.20. The van der Waals surface area contributed by atoms with Gasteiger partial charge in [0.15, 0.2) is 0 Å². The molecule has 1 atom stereocenters. The molecule has 2 aliphatic rings. The molecule has 4 heteroatoms. The van der Waals surface area contributed by atoms with Crippen molar-refractivity contribution in [2.24, 2.45) is 0 Å². The number of hydrogen-bond acceptors (Lipinski definition) is 4. The summed E-state index contributed by atoms with van der Waals surface area (Å²) in [5, 5.41) is 3.50. The molecule has 1 aliphatic carbocycles. The molecule has 2 heterocycles. The molecule has 1 aromatic heterocycles. The maximum atomic E-state index is 4.63. The van der Waals surface area contributed by atoms with Crippen molar-refractivity contribution in [3.63, 3.8) is 0 Å². The molecular formula is C16H26N4. The number of hydrogen-bond donors (Lipinski definition) is 1. The Morgan fingerprint density at radius 3 is 2.90 bits per heavy atom. The zero-order chi connectivity index (χ0) is 13.8. The molecule has 1 unspecified atom stereocenters. The fraction of sp³-hybridized carbons (Fsp3) is 0.750. The molecule has 1 aliphatic heterocycles. The van der Waals surface area contributed by atoms with E-state index in [9.17, 15) is 0 Å². The molecular weight excluding hydrogens is 248 g/mol. The van der Waals surface area contributed by atoms with Crippen molar-refractivity contribution in [2.75, 3.05) is 25.0 Å². The van der Waals surface area contributed by atoms with Crippen molar-refractivity contribution < 1.29 is 0 Å². The smallest absolute Gasteiger partial charge is 0.135 e. The van der Waals surface area contributed by atoms with Crippen molar-refractivity contribution in [3.8, 4) is 0 Å². The van der Waals surface area contributed by atoms with E-state index >= 15 is 0 Å². The molecule has 0 spiro atoms. The van der Waals surface area contributed by atoms with Crippen LogP contribution in [0.3, 0.4) is 0 Å². The number of rotatable bonds is 2. The van der Waals surface area contributed by atoms with Crippen LogP contribution in [-0.4, -0.2) is 36.1 Å². The van der Waals surface area contributed by atoms with Crippen LogP contribution >= 0.6 is 0 Å². The Bertz CT molecular complexity index is 438. The second kappa shape index (κ2) is 6.53. The van der Waals surface area contributed by atoms with Gasteiger partial charge in [0.1, 0.15) is 12.1 Å². The average Bonchev–Trinajstić information content (AvgIpc) is 2.88. The third-order valence-electron chi connectivity index (χ3n) is 4.78. The summed E-state index contributed by atoms with van der Waals surface area (Å²) in [4.78, 5) is 11.6. The van der Waals surface area contributed by atoms with Crippen LogP contribution in [0.15, 0.2) is 6.33 Å². The fourth-order valence-electron chi connectivity index (χ4n) is 3.55. The first-order valence-corrected chi connectivity index (χ1v) is 8.12. The molecule has 1 fully saturated rings. The van der Waals surface area contributed by atoms with Crippen LogP contribution < -0.4 is 10.2 Å². The molecule has 1 saturated heterocycles. The minimum atomic E-state index is 0.618. The van der Waals surface area contributed by atoms with Crippen LogP contribution in [0.5, 0.6) is 0 Å². The van der Waals surface area contributed by atoms with Gasteiger partial charge in [-0.05, 0) is 58.0 Å². The van der Waals surface area contributed by atoms with Gasteiger partial charge in [0.05, 0.1) is 0 Å². The summed E-state index contributed by atoms with van der Waals surface area (Å²) in [6.07, 6.45) is 11.7. The van der Waals surface area contributed by atoms with Crippen molar-refractivity contribution >= 4 is 5.82 Å². The highest BCUT2D eigenvalue weighted by atomic mass is 15.2. The van der Waals surface area contributed by atoms with Gasteiger partial charge in [-0.25, -0.2) is 9.97 Å². The van der Waals surface area contributed by atoms with Gasteiger partial charge in [0, 0.05) is 24.3 Å². The fourth-order valence-corrected chi connectivity index (χ4v) is 3.55. The van der Waals surface area contributed by atoms with Crippen LogP contribution in [0, 0.1) is 0 Å². The Labute approximate surface area is 122 Å². The summed E-state index contributed by atoms with van der Waals surface area (Å²) >= 11 is 0. The van der Waals surface area contributed by atoms with Gasteiger partial charge in [-0.2, -0.15) is 0 Å². The number of nitrogens with one attached hydrogen (secondary N) is 1. The SMILES string of the molecule is CN(c1ncnc2c1CCCCC2)C1CCCNCC1. The number of aromatic nitrogens is 2. The van der Waals surface area contributed by atoms with Gasteiger partial charge in [-0.1, -0.05) is 6.42 Å². The highest BCUT2D eigenvalue weighted by molar-refractivity contribution is 5.49. The Balaban J connectivity index is 1.85. The first-order chi connectivity index (χ1) is 9.86. The molecule has 3 rings (SSSR count). The second-order valence-corrected chi connectivity index (χ2v) is 6.13. The Kier molecular flexibility index (Phi) is 4.51. The summed E-state index contributed by atoms with van der Waals surface area (Å²) in [6, 6.07) is 0.618. The van der Waals surface area contributed by atoms with E-state index in [0.717, 1.165) is 25.9 Å². The van der Waals surface area contributed by atoms with Gasteiger partial charge < -0.3 is 10.2 Å². The molecule has 4 nitrogen and oxygen atoms in total. The van der Waals surface area contributed by atoms with Crippen molar-refractivity contribution in [1.82, 2.24) is 15.3 Å². The van der Waals surface area contributed by atoms with E-state index in [1.807, 2.05) is 0 Å². The van der Waals surface area contributed by atoms with Gasteiger partial charge in [-0.3, -0.25) is 0 Å². The topological polar surface area (TPSA) is 41.1 Å².